The van der Waals surface area contributed by atoms with Crippen LogP contribution in [0.4, 0.5) is 11.5 Å². The van der Waals surface area contributed by atoms with E-state index in [2.05, 4.69) is 28.2 Å². The number of carbonyl (C=O) groups is 3. The van der Waals surface area contributed by atoms with Crippen LogP contribution in [0.2, 0.25) is 0 Å². The summed E-state index contributed by atoms with van der Waals surface area (Å²) >= 11 is 0. The van der Waals surface area contributed by atoms with Gasteiger partial charge in [0.25, 0.3) is 5.91 Å². The van der Waals surface area contributed by atoms with Crippen molar-refractivity contribution in [3.63, 3.8) is 0 Å². The van der Waals surface area contributed by atoms with Crippen molar-refractivity contribution >= 4 is 29.2 Å². The largest absolute Gasteiger partial charge is 0.356 e. The van der Waals surface area contributed by atoms with Gasteiger partial charge in [-0.2, -0.15) is 0 Å². The molecule has 0 saturated carbocycles. The molecule has 1 aromatic heterocycles. The van der Waals surface area contributed by atoms with Gasteiger partial charge in [0, 0.05) is 51.9 Å². The van der Waals surface area contributed by atoms with E-state index in [-0.39, 0.29) is 23.6 Å². The van der Waals surface area contributed by atoms with E-state index in [4.69, 9.17) is 0 Å². The average Bonchev–Trinajstić information content (AvgIpc) is 3.46. The lowest BCUT2D eigenvalue weighted by atomic mass is 9.95. The number of aromatic nitrogens is 1. The Morgan fingerprint density at radius 2 is 1.85 bits per heavy atom. The summed E-state index contributed by atoms with van der Waals surface area (Å²) in [6, 6.07) is 7.71. The van der Waals surface area contributed by atoms with Gasteiger partial charge in [-0.3, -0.25) is 14.4 Å². The summed E-state index contributed by atoms with van der Waals surface area (Å²) in [4.78, 5) is 48.9. The minimum absolute atomic E-state index is 0.00825. The minimum atomic E-state index is -0.227. The summed E-state index contributed by atoms with van der Waals surface area (Å²) in [5, 5.41) is 2.88. The highest BCUT2D eigenvalue weighted by atomic mass is 16.2. The van der Waals surface area contributed by atoms with Crippen LogP contribution in [0.3, 0.4) is 0 Å². The molecule has 1 N–H and O–H groups in total. The molecule has 1 aromatic carbocycles. The van der Waals surface area contributed by atoms with Gasteiger partial charge in [-0.05, 0) is 55.5 Å². The first-order chi connectivity index (χ1) is 16.4. The maximum absolute atomic E-state index is 13.6. The number of hydrogen-bond donors (Lipinski definition) is 1. The molecule has 3 aliphatic rings. The van der Waals surface area contributed by atoms with E-state index in [0.29, 0.717) is 56.9 Å². The smallest absolute Gasteiger partial charge is 0.256 e. The van der Waals surface area contributed by atoms with Crippen molar-refractivity contribution in [3.05, 3.63) is 52.7 Å². The van der Waals surface area contributed by atoms with Crippen molar-refractivity contribution < 1.29 is 14.4 Å². The second-order valence-corrected chi connectivity index (χ2v) is 9.49. The van der Waals surface area contributed by atoms with Crippen LogP contribution in [0, 0.1) is 13.8 Å². The Labute approximate surface area is 199 Å². The van der Waals surface area contributed by atoms with Crippen LogP contribution in [0.1, 0.15) is 52.2 Å². The fraction of sp³-hybridized carbons (Fsp3) is 0.462. The quantitative estimate of drug-likeness (QED) is 0.756. The summed E-state index contributed by atoms with van der Waals surface area (Å²) in [5.41, 5.74) is 4.32. The molecule has 34 heavy (non-hydrogen) atoms. The van der Waals surface area contributed by atoms with Gasteiger partial charge in [0.2, 0.25) is 11.8 Å². The van der Waals surface area contributed by atoms with Crippen molar-refractivity contribution in [2.45, 2.75) is 39.0 Å². The Morgan fingerprint density at radius 1 is 1.06 bits per heavy atom. The molecule has 3 amide bonds. The number of pyridine rings is 1. The topological polar surface area (TPSA) is 85.8 Å². The van der Waals surface area contributed by atoms with Gasteiger partial charge in [0.15, 0.2) is 0 Å². The Kier molecular flexibility index (Phi) is 5.98. The molecular weight excluding hydrogens is 430 g/mol. The lowest BCUT2D eigenvalue weighted by Gasteiger charge is -2.36. The molecule has 0 aliphatic carbocycles. The molecule has 1 unspecified atom stereocenters. The van der Waals surface area contributed by atoms with Crippen LogP contribution in [0.5, 0.6) is 0 Å². The fourth-order valence-electron chi connectivity index (χ4n) is 5.32. The molecule has 1 atom stereocenters. The fourth-order valence-corrected chi connectivity index (χ4v) is 5.32. The van der Waals surface area contributed by atoms with Crippen molar-refractivity contribution in [3.8, 4) is 0 Å². The third-order valence-electron chi connectivity index (χ3n) is 7.12. The van der Waals surface area contributed by atoms with Crippen molar-refractivity contribution in [1.82, 2.24) is 15.2 Å². The zero-order valence-corrected chi connectivity index (χ0v) is 19.8. The summed E-state index contributed by atoms with van der Waals surface area (Å²) in [7, 11) is 0. The van der Waals surface area contributed by atoms with E-state index in [1.807, 2.05) is 36.2 Å². The molecule has 3 saturated heterocycles. The standard InChI is InChI=1S/C26H31N5O3/c1-17-14-18(2)24(28-16-17)29-10-12-30(13-11-29)26(34)21-6-5-19(20-7-8-27-25(20)33)15-22(21)31-9-3-4-23(31)32/h5-6,14-16,20H,3-4,7-13H2,1-2H3,(H,27,33). The van der Waals surface area contributed by atoms with Gasteiger partial charge in [-0.1, -0.05) is 12.1 Å². The van der Waals surface area contributed by atoms with Crippen molar-refractivity contribution in [1.29, 1.82) is 0 Å². The SMILES string of the molecule is Cc1cnc(N2CCN(C(=O)c3ccc(C4CCNC4=O)cc3N3CCCC3=O)CC2)c(C)c1. The Balaban J connectivity index is 1.38. The number of nitrogens with zero attached hydrogens (tertiary/aromatic N) is 4. The van der Waals surface area contributed by atoms with E-state index in [9.17, 15) is 14.4 Å². The number of nitrogens with one attached hydrogen (secondary N) is 1. The van der Waals surface area contributed by atoms with Crippen LogP contribution in [-0.4, -0.2) is 66.9 Å². The number of hydrogen-bond acceptors (Lipinski definition) is 5. The zero-order valence-electron chi connectivity index (χ0n) is 19.8. The summed E-state index contributed by atoms with van der Waals surface area (Å²) < 4.78 is 0. The second kappa shape index (κ2) is 9.08. The lowest BCUT2D eigenvalue weighted by molar-refractivity contribution is -0.120. The molecule has 5 rings (SSSR count). The number of rotatable bonds is 4. The molecular formula is C26H31N5O3. The van der Waals surface area contributed by atoms with Gasteiger partial charge in [-0.15, -0.1) is 0 Å². The molecule has 0 spiro atoms. The highest BCUT2D eigenvalue weighted by molar-refractivity contribution is 6.06. The lowest BCUT2D eigenvalue weighted by Crippen LogP contribution is -2.49. The summed E-state index contributed by atoms with van der Waals surface area (Å²) in [5.74, 6) is 0.724. The summed E-state index contributed by atoms with van der Waals surface area (Å²) in [6.07, 6.45) is 3.88. The molecule has 8 nitrogen and oxygen atoms in total. The monoisotopic (exact) mass is 461 g/mol. The van der Waals surface area contributed by atoms with Crippen LogP contribution in [0.25, 0.3) is 0 Å². The molecule has 0 bridgehead atoms. The molecule has 3 fully saturated rings. The normalized spacial score (nSPS) is 20.8. The Hall–Kier alpha value is -3.42. The minimum Gasteiger partial charge on any atom is -0.356 e. The molecule has 8 heteroatoms. The third kappa shape index (κ3) is 4.13. The van der Waals surface area contributed by atoms with Gasteiger partial charge in [-0.25, -0.2) is 4.98 Å². The van der Waals surface area contributed by atoms with E-state index in [1.54, 1.807) is 4.90 Å². The molecule has 178 valence electrons. The van der Waals surface area contributed by atoms with Crippen molar-refractivity contribution in [2.24, 2.45) is 0 Å². The predicted octanol–water partition coefficient (Wildman–Crippen LogP) is 2.39. The van der Waals surface area contributed by atoms with Crippen LogP contribution in [0.15, 0.2) is 30.5 Å². The van der Waals surface area contributed by atoms with Crippen LogP contribution >= 0.6 is 0 Å². The number of benzene rings is 1. The number of amides is 3. The highest BCUT2D eigenvalue weighted by Gasteiger charge is 2.32. The maximum atomic E-state index is 13.6. The Bertz CT molecular complexity index is 1140. The van der Waals surface area contributed by atoms with Gasteiger partial charge in [0.1, 0.15) is 5.82 Å². The first-order valence-electron chi connectivity index (χ1n) is 12.1. The number of piperazine rings is 1. The predicted molar refractivity (Wildman–Crippen MR) is 130 cm³/mol. The van der Waals surface area contributed by atoms with Gasteiger partial charge >= 0.3 is 0 Å². The van der Waals surface area contributed by atoms with Crippen LogP contribution < -0.4 is 15.1 Å². The molecule has 3 aliphatic heterocycles. The zero-order chi connectivity index (χ0) is 23.8. The van der Waals surface area contributed by atoms with E-state index in [1.165, 1.54) is 0 Å². The summed E-state index contributed by atoms with van der Waals surface area (Å²) in [6.45, 7) is 7.96. The van der Waals surface area contributed by atoms with Gasteiger partial charge in [0.05, 0.1) is 17.2 Å². The van der Waals surface area contributed by atoms with Crippen molar-refractivity contribution in [2.75, 3.05) is 49.1 Å². The van der Waals surface area contributed by atoms with E-state index < -0.39 is 0 Å². The third-order valence-corrected chi connectivity index (χ3v) is 7.12. The second-order valence-electron chi connectivity index (χ2n) is 9.49. The molecule has 2 aromatic rings. The van der Waals surface area contributed by atoms with E-state index >= 15 is 0 Å². The maximum Gasteiger partial charge on any atom is 0.256 e. The Morgan fingerprint density at radius 3 is 2.50 bits per heavy atom. The average molecular weight is 462 g/mol. The molecule has 0 radical (unpaired) electrons. The number of aryl methyl sites for hydroxylation is 2. The van der Waals surface area contributed by atoms with Crippen LogP contribution in [-0.2, 0) is 9.59 Å². The molecule has 4 heterocycles. The first kappa shape index (κ1) is 22.4. The highest BCUT2D eigenvalue weighted by Crippen LogP contribution is 2.33. The number of carbonyl (C=O) groups excluding carboxylic acids is 3. The number of anilines is 2. The van der Waals surface area contributed by atoms with Gasteiger partial charge < -0.3 is 20.0 Å². The van der Waals surface area contributed by atoms with E-state index in [0.717, 1.165) is 35.3 Å². The first-order valence-corrected chi connectivity index (χ1v) is 12.1.